The Labute approximate surface area is 175 Å². The Morgan fingerprint density at radius 2 is 0.862 bits per heavy atom. The van der Waals surface area contributed by atoms with Gasteiger partial charge >= 0.3 is 7.60 Å². The lowest BCUT2D eigenvalue weighted by Crippen LogP contribution is -2.14. The van der Waals surface area contributed by atoms with Gasteiger partial charge in [0, 0.05) is 19.9 Å². The molecule has 0 aliphatic heterocycles. The van der Waals surface area contributed by atoms with Gasteiger partial charge in [-0.15, -0.1) is 0 Å². The lowest BCUT2D eigenvalue weighted by Gasteiger charge is -2.08. The lowest BCUT2D eigenvalue weighted by molar-refractivity contribution is -0.0148. The Balaban J connectivity index is 3.02. The Morgan fingerprint density at radius 3 is 1.28 bits per heavy atom. The van der Waals surface area contributed by atoms with Gasteiger partial charge in [0.25, 0.3) is 0 Å². The topological polar surface area (TPSA) is 113 Å². The fraction of sp³-hybridized carbons (Fsp3) is 1.00. The number of unbranched alkanes of at least 4 members (excludes halogenated alkanes) is 5. The van der Waals surface area contributed by atoms with Crippen molar-refractivity contribution in [1.29, 1.82) is 0 Å². The zero-order chi connectivity index (χ0) is 21.5. The zero-order valence-corrected chi connectivity index (χ0v) is 18.8. The molecule has 0 aliphatic rings. The summed E-state index contributed by atoms with van der Waals surface area (Å²) in [6.45, 7) is 6.31. The summed E-state index contributed by atoms with van der Waals surface area (Å²) in [5, 5.41) is 0. The highest BCUT2D eigenvalue weighted by Gasteiger charge is 2.10. The molecule has 0 atom stereocenters. The van der Waals surface area contributed by atoms with Crippen LogP contribution >= 0.6 is 7.60 Å². The molecule has 0 saturated heterocycles. The molecule has 0 radical (unpaired) electrons. The third kappa shape index (κ3) is 27.9. The van der Waals surface area contributed by atoms with Crippen LogP contribution in [-0.2, 0) is 33.0 Å². The van der Waals surface area contributed by atoms with Crippen molar-refractivity contribution >= 4 is 7.60 Å². The Hall–Kier alpha value is -0.0900. The van der Waals surface area contributed by atoms with Crippen LogP contribution in [0, 0.1) is 0 Å². The molecule has 10 heteroatoms. The fourth-order valence-corrected chi connectivity index (χ4v) is 2.99. The molecule has 29 heavy (non-hydrogen) atoms. The maximum absolute atomic E-state index is 10.7. The molecule has 0 bridgehead atoms. The van der Waals surface area contributed by atoms with Gasteiger partial charge in [-0.1, -0.05) is 25.7 Å². The molecule has 2 N–H and O–H groups in total. The van der Waals surface area contributed by atoms with Crippen LogP contribution in [0.3, 0.4) is 0 Å². The van der Waals surface area contributed by atoms with Crippen LogP contribution in [0.15, 0.2) is 0 Å². The van der Waals surface area contributed by atoms with Crippen LogP contribution in [0.25, 0.3) is 0 Å². The molecule has 176 valence electrons. The molecule has 0 aromatic heterocycles. The molecule has 0 heterocycles. The number of ether oxygens (including phenoxy) is 6. The minimum absolute atomic E-state index is 0.0000507. The summed E-state index contributed by atoms with van der Waals surface area (Å²) in [7, 11) is -2.17. The summed E-state index contributed by atoms with van der Waals surface area (Å²) in [4.78, 5) is 17.5. The fourth-order valence-electron chi connectivity index (χ4n) is 2.35. The first-order valence-corrected chi connectivity index (χ1v) is 12.3. The van der Waals surface area contributed by atoms with Crippen LogP contribution in [-0.4, -0.2) is 95.7 Å². The molecule has 0 aromatic carbocycles. The van der Waals surface area contributed by atoms with Gasteiger partial charge in [0.05, 0.1) is 66.1 Å². The zero-order valence-electron chi connectivity index (χ0n) is 17.9. The molecule has 0 aromatic rings. The summed E-state index contributed by atoms with van der Waals surface area (Å²) in [5.74, 6) is 0. The largest absolute Gasteiger partial charge is 0.382 e. The highest BCUT2D eigenvalue weighted by Crippen LogP contribution is 2.35. The monoisotopic (exact) mass is 444 g/mol. The standard InChI is InChI=1S/C19H41O9P/c1-23-9-10-25-13-14-27-17-18-28-16-15-26-12-11-24-8-6-4-2-3-5-7-19-29(20,21)22/h2-19H2,1H3,(H2,20,21,22). The van der Waals surface area contributed by atoms with Crippen LogP contribution in [0.5, 0.6) is 0 Å². The van der Waals surface area contributed by atoms with Crippen molar-refractivity contribution in [3.8, 4) is 0 Å². The Bertz CT molecular complexity index is 366. The van der Waals surface area contributed by atoms with Crippen molar-refractivity contribution < 1.29 is 42.8 Å². The third-order valence-electron chi connectivity index (χ3n) is 3.91. The van der Waals surface area contributed by atoms with Gasteiger partial charge in [0.15, 0.2) is 0 Å². The van der Waals surface area contributed by atoms with Gasteiger partial charge in [-0.3, -0.25) is 4.57 Å². The van der Waals surface area contributed by atoms with Crippen LogP contribution in [0.2, 0.25) is 0 Å². The molecular weight excluding hydrogens is 403 g/mol. The highest BCUT2D eigenvalue weighted by molar-refractivity contribution is 7.51. The van der Waals surface area contributed by atoms with E-state index in [4.69, 9.17) is 38.2 Å². The maximum Gasteiger partial charge on any atom is 0.325 e. The quantitative estimate of drug-likeness (QED) is 0.171. The first kappa shape index (κ1) is 28.9. The van der Waals surface area contributed by atoms with Gasteiger partial charge in [-0.25, -0.2) is 0 Å². The van der Waals surface area contributed by atoms with Crippen molar-refractivity contribution in [2.45, 2.75) is 38.5 Å². The van der Waals surface area contributed by atoms with Gasteiger partial charge in [-0.2, -0.15) is 0 Å². The van der Waals surface area contributed by atoms with Crippen LogP contribution in [0.4, 0.5) is 0 Å². The predicted molar refractivity (Wildman–Crippen MR) is 111 cm³/mol. The minimum Gasteiger partial charge on any atom is -0.382 e. The lowest BCUT2D eigenvalue weighted by atomic mass is 10.1. The van der Waals surface area contributed by atoms with E-state index in [1.807, 2.05) is 0 Å². The van der Waals surface area contributed by atoms with E-state index in [1.54, 1.807) is 7.11 Å². The van der Waals surface area contributed by atoms with E-state index in [9.17, 15) is 4.57 Å². The first-order chi connectivity index (χ1) is 14.1. The van der Waals surface area contributed by atoms with Crippen LogP contribution < -0.4 is 0 Å². The average molecular weight is 445 g/mol. The molecule has 0 fully saturated rings. The van der Waals surface area contributed by atoms with E-state index in [1.165, 1.54) is 0 Å². The molecule has 0 spiro atoms. The molecular formula is C19H41O9P. The molecule has 0 rings (SSSR count). The molecule has 0 saturated carbocycles. The van der Waals surface area contributed by atoms with E-state index in [-0.39, 0.29) is 6.16 Å². The summed E-state index contributed by atoms with van der Waals surface area (Å²) in [6.07, 6.45) is 5.63. The third-order valence-corrected chi connectivity index (χ3v) is 4.81. The van der Waals surface area contributed by atoms with Gasteiger partial charge in [0.1, 0.15) is 0 Å². The van der Waals surface area contributed by atoms with Gasteiger partial charge in [-0.05, 0) is 12.8 Å². The van der Waals surface area contributed by atoms with Crippen molar-refractivity contribution in [2.24, 2.45) is 0 Å². The van der Waals surface area contributed by atoms with Gasteiger partial charge < -0.3 is 38.2 Å². The Morgan fingerprint density at radius 1 is 0.517 bits per heavy atom. The SMILES string of the molecule is COCCOCCOCCOCCOCCOCCCCCCCCP(=O)(O)O. The maximum atomic E-state index is 10.7. The number of methoxy groups -OCH3 is 1. The van der Waals surface area contributed by atoms with Crippen molar-refractivity contribution in [3.05, 3.63) is 0 Å². The van der Waals surface area contributed by atoms with E-state index in [0.717, 1.165) is 38.7 Å². The molecule has 0 amide bonds. The Kier molecular flexibility index (Phi) is 22.5. The van der Waals surface area contributed by atoms with E-state index in [2.05, 4.69) is 0 Å². The average Bonchev–Trinajstić information content (AvgIpc) is 2.67. The second-order valence-corrected chi connectivity index (χ2v) is 8.34. The highest BCUT2D eigenvalue weighted by atomic mass is 31.2. The molecule has 0 aliphatic carbocycles. The predicted octanol–water partition coefficient (Wildman–Crippen LogP) is 2.23. The molecule has 9 nitrogen and oxygen atoms in total. The minimum atomic E-state index is -3.82. The smallest absolute Gasteiger partial charge is 0.325 e. The number of rotatable bonds is 24. The van der Waals surface area contributed by atoms with Crippen LogP contribution in [0.1, 0.15) is 38.5 Å². The summed E-state index contributed by atoms with van der Waals surface area (Å²) in [5.41, 5.74) is 0. The van der Waals surface area contributed by atoms with E-state index < -0.39 is 7.60 Å². The summed E-state index contributed by atoms with van der Waals surface area (Å²) < 4.78 is 42.5. The number of hydrogen-bond donors (Lipinski definition) is 2. The normalized spacial score (nSPS) is 12.0. The van der Waals surface area contributed by atoms with E-state index >= 15 is 0 Å². The first-order valence-electron chi connectivity index (χ1n) is 10.5. The molecule has 0 unspecified atom stereocenters. The summed E-state index contributed by atoms with van der Waals surface area (Å²) >= 11 is 0. The van der Waals surface area contributed by atoms with Crippen molar-refractivity contribution in [3.63, 3.8) is 0 Å². The second-order valence-electron chi connectivity index (χ2n) is 6.56. The number of hydrogen-bond acceptors (Lipinski definition) is 7. The van der Waals surface area contributed by atoms with Crippen molar-refractivity contribution in [2.75, 3.05) is 85.9 Å². The van der Waals surface area contributed by atoms with Gasteiger partial charge in [0.2, 0.25) is 0 Å². The summed E-state index contributed by atoms with van der Waals surface area (Å²) in [6, 6.07) is 0. The second kappa shape index (κ2) is 22.6. The van der Waals surface area contributed by atoms with E-state index in [0.29, 0.717) is 72.5 Å². The van der Waals surface area contributed by atoms with Crippen molar-refractivity contribution in [1.82, 2.24) is 0 Å².